The lowest BCUT2D eigenvalue weighted by Crippen LogP contribution is -2.30. The number of nitrogens with zero attached hydrogens (tertiary/aromatic N) is 2. The van der Waals surface area contributed by atoms with Gasteiger partial charge in [0.25, 0.3) is 15.0 Å². The van der Waals surface area contributed by atoms with E-state index >= 15 is 0 Å². The number of hydrogen-bond donors (Lipinski definition) is 1. The number of amidine groups is 1. The molecule has 0 radical (unpaired) electrons. The number of unbranched alkanes of at least 4 members (excludes halogenated alkanes) is 1. The number of hydrogen-bond acceptors (Lipinski definition) is 6. The molecule has 7 nitrogen and oxygen atoms in total. The van der Waals surface area contributed by atoms with Gasteiger partial charge in [0, 0.05) is 35.7 Å². The minimum absolute atomic E-state index is 0.117. The van der Waals surface area contributed by atoms with Crippen molar-refractivity contribution in [2.24, 2.45) is 9.98 Å². The van der Waals surface area contributed by atoms with E-state index in [-0.39, 0.29) is 10.7 Å². The Kier molecular flexibility index (Phi) is 9.17. The molecule has 9 heteroatoms. The molecule has 0 unspecified atom stereocenters. The highest BCUT2D eigenvalue weighted by Gasteiger charge is 2.18. The summed E-state index contributed by atoms with van der Waals surface area (Å²) >= 11 is 0. The third kappa shape index (κ3) is 7.52. The molecule has 1 rings (SSSR count). The van der Waals surface area contributed by atoms with E-state index in [9.17, 15) is 13.2 Å². The highest BCUT2D eigenvalue weighted by Crippen LogP contribution is 2.25. The molecule has 0 heterocycles. The number of allylic oxidation sites excluding steroid dienone is 1. The van der Waals surface area contributed by atoms with E-state index in [1.807, 2.05) is 6.92 Å². The van der Waals surface area contributed by atoms with Crippen molar-refractivity contribution in [3.05, 3.63) is 35.5 Å². The van der Waals surface area contributed by atoms with Gasteiger partial charge in [-0.15, -0.1) is 0 Å². The zero-order valence-electron chi connectivity index (χ0n) is 15.8. The van der Waals surface area contributed by atoms with Crippen LogP contribution in [0.5, 0.6) is 5.75 Å². The molecular weight excluding hydrogens is 390 g/mol. The van der Waals surface area contributed by atoms with E-state index in [2.05, 4.69) is 15.3 Å². The maximum Gasteiger partial charge on any atom is 0.261 e. The first-order valence-electron chi connectivity index (χ1n) is 8.43. The highest BCUT2D eigenvalue weighted by atomic mass is 35.7. The number of amides is 1. The van der Waals surface area contributed by atoms with E-state index in [1.54, 1.807) is 20.1 Å². The predicted octanol–water partition coefficient (Wildman–Crippen LogP) is 3.28. The van der Waals surface area contributed by atoms with Gasteiger partial charge in [-0.25, -0.2) is 8.42 Å². The zero-order chi connectivity index (χ0) is 20.4. The molecule has 0 aliphatic heterocycles. The average Bonchev–Trinajstić information content (AvgIpc) is 2.59. The number of rotatable bonds is 8. The topological polar surface area (TPSA) is 97.2 Å². The van der Waals surface area contributed by atoms with Crippen molar-refractivity contribution in [3.8, 4) is 5.75 Å². The number of ether oxygens (including phenoxy) is 1. The molecule has 1 aromatic carbocycles. The minimum Gasteiger partial charge on any atom is -0.493 e. The minimum atomic E-state index is -3.94. The largest absolute Gasteiger partial charge is 0.493 e. The van der Waals surface area contributed by atoms with Crippen molar-refractivity contribution in [1.29, 1.82) is 0 Å². The van der Waals surface area contributed by atoms with Gasteiger partial charge in [-0.05, 0) is 38.5 Å². The Bertz CT molecular complexity index is 861. The number of halogens is 1. The molecule has 1 aromatic rings. The van der Waals surface area contributed by atoms with Crippen LogP contribution in [-0.4, -0.2) is 40.0 Å². The molecular formula is C18H24ClN3O4S. The van der Waals surface area contributed by atoms with Crippen LogP contribution in [0.25, 0.3) is 0 Å². The van der Waals surface area contributed by atoms with Crippen LogP contribution in [0.1, 0.15) is 39.2 Å². The van der Waals surface area contributed by atoms with Crippen molar-refractivity contribution in [2.75, 3.05) is 13.7 Å². The van der Waals surface area contributed by atoms with E-state index in [0.717, 1.165) is 12.8 Å². The first kappa shape index (κ1) is 22.9. The summed E-state index contributed by atoms with van der Waals surface area (Å²) in [6.45, 7) is 5.89. The zero-order valence-corrected chi connectivity index (χ0v) is 17.4. The summed E-state index contributed by atoms with van der Waals surface area (Å²) in [7, 11) is 2.96. The smallest absolute Gasteiger partial charge is 0.261 e. The van der Waals surface area contributed by atoms with Gasteiger partial charge < -0.3 is 10.1 Å². The first-order chi connectivity index (χ1) is 12.7. The second-order valence-corrected chi connectivity index (χ2v) is 8.04. The van der Waals surface area contributed by atoms with Crippen molar-refractivity contribution in [1.82, 2.24) is 5.32 Å². The summed E-state index contributed by atoms with van der Waals surface area (Å²) in [6, 6.07) is 4.12. The molecule has 0 aliphatic carbocycles. The van der Waals surface area contributed by atoms with Crippen LogP contribution in [0.15, 0.2) is 44.9 Å². The second kappa shape index (κ2) is 10.8. The molecule has 0 bridgehead atoms. The van der Waals surface area contributed by atoms with E-state index < -0.39 is 15.0 Å². The average molecular weight is 414 g/mol. The van der Waals surface area contributed by atoms with E-state index in [1.165, 1.54) is 31.3 Å². The number of nitrogens with one attached hydrogen (secondary N) is 1. The van der Waals surface area contributed by atoms with Gasteiger partial charge in [-0.2, -0.15) is 0 Å². The van der Waals surface area contributed by atoms with Gasteiger partial charge in [-0.3, -0.25) is 14.8 Å². The van der Waals surface area contributed by atoms with Crippen LogP contribution >= 0.6 is 10.7 Å². The van der Waals surface area contributed by atoms with Crippen LogP contribution in [0.2, 0.25) is 0 Å². The Hall–Kier alpha value is -2.19. The van der Waals surface area contributed by atoms with Gasteiger partial charge in [0.15, 0.2) is 0 Å². The fourth-order valence-corrected chi connectivity index (χ4v) is 2.87. The van der Waals surface area contributed by atoms with E-state index in [0.29, 0.717) is 23.6 Å². The molecule has 0 aliphatic rings. The van der Waals surface area contributed by atoms with Gasteiger partial charge in [-0.1, -0.05) is 13.3 Å². The summed E-state index contributed by atoms with van der Waals surface area (Å²) in [6.07, 6.45) is 4.87. The van der Waals surface area contributed by atoms with Crippen molar-refractivity contribution in [2.45, 2.75) is 38.5 Å². The Balaban J connectivity index is 3.17. The standard InChI is InChI=1S/C18H24ClN3O4S/c1-5-7-10-21-13(3)11-17(23)22-18(20-4)15-12-14(27(19,24)25)8-9-16(15)26-6-2/h8-12H,5-7H2,1-4H3,(H,20,22,23)/b13-11+,21-10?. The molecule has 1 N–H and O–H groups in total. The SMILES string of the molecule is CCCC=N/C(C)=C/C(=O)NC(=NC)c1cc(S(=O)(=O)Cl)ccc1OCC. The fourth-order valence-electron chi connectivity index (χ4n) is 2.09. The number of carbonyl (C=O) groups is 1. The fraction of sp³-hybridized carbons (Fsp3) is 0.389. The van der Waals surface area contributed by atoms with Crippen LogP contribution < -0.4 is 10.1 Å². The summed E-state index contributed by atoms with van der Waals surface area (Å²) < 4.78 is 28.8. The van der Waals surface area contributed by atoms with Gasteiger partial charge >= 0.3 is 0 Å². The van der Waals surface area contributed by atoms with Crippen molar-refractivity contribution < 1.29 is 17.9 Å². The Morgan fingerprint density at radius 3 is 2.59 bits per heavy atom. The third-order valence-corrected chi connectivity index (χ3v) is 4.66. The summed E-state index contributed by atoms with van der Waals surface area (Å²) in [5, 5.41) is 2.62. The normalized spacial score (nSPS) is 13.1. The lowest BCUT2D eigenvalue weighted by atomic mass is 10.1. The maximum atomic E-state index is 12.3. The quantitative estimate of drug-likeness (QED) is 0.306. The third-order valence-electron chi connectivity index (χ3n) is 3.31. The van der Waals surface area contributed by atoms with Crippen LogP contribution in [0.3, 0.4) is 0 Å². The number of carbonyl (C=O) groups excluding carboxylic acids is 1. The Labute approximate surface area is 164 Å². The molecule has 0 saturated carbocycles. The highest BCUT2D eigenvalue weighted by molar-refractivity contribution is 8.13. The number of benzene rings is 1. The maximum absolute atomic E-state index is 12.3. The lowest BCUT2D eigenvalue weighted by molar-refractivity contribution is -0.115. The summed E-state index contributed by atoms with van der Waals surface area (Å²) in [5.41, 5.74) is 0.855. The molecule has 1 amide bonds. The van der Waals surface area contributed by atoms with Crippen molar-refractivity contribution >= 4 is 37.7 Å². The van der Waals surface area contributed by atoms with Gasteiger partial charge in [0.1, 0.15) is 11.6 Å². The van der Waals surface area contributed by atoms with E-state index in [4.69, 9.17) is 15.4 Å². The van der Waals surface area contributed by atoms with Crippen LogP contribution in [-0.2, 0) is 13.8 Å². The van der Waals surface area contributed by atoms with Crippen molar-refractivity contribution in [3.63, 3.8) is 0 Å². The van der Waals surface area contributed by atoms with Crippen LogP contribution in [0.4, 0.5) is 0 Å². The molecule has 0 saturated heterocycles. The molecule has 0 atom stereocenters. The Morgan fingerprint density at radius 1 is 1.33 bits per heavy atom. The monoisotopic (exact) mass is 413 g/mol. The summed E-state index contributed by atoms with van der Waals surface area (Å²) in [5.74, 6) is 0.0969. The molecule has 0 spiro atoms. The lowest BCUT2D eigenvalue weighted by Gasteiger charge is -2.13. The molecule has 27 heavy (non-hydrogen) atoms. The molecule has 0 fully saturated rings. The second-order valence-electron chi connectivity index (χ2n) is 5.48. The number of aliphatic imine (C=N–C) groups is 2. The van der Waals surface area contributed by atoms with Gasteiger partial charge in [0.05, 0.1) is 17.1 Å². The summed E-state index contributed by atoms with van der Waals surface area (Å²) in [4.78, 5) is 20.3. The predicted molar refractivity (Wildman–Crippen MR) is 108 cm³/mol. The van der Waals surface area contributed by atoms with Gasteiger partial charge in [0.2, 0.25) is 0 Å². The molecule has 0 aromatic heterocycles. The first-order valence-corrected chi connectivity index (χ1v) is 10.7. The molecule has 148 valence electrons. The van der Waals surface area contributed by atoms with Crippen LogP contribution in [0, 0.1) is 0 Å². The Morgan fingerprint density at radius 2 is 2.04 bits per heavy atom.